The van der Waals surface area contributed by atoms with Crippen LogP contribution < -0.4 is 5.56 Å². The van der Waals surface area contributed by atoms with Gasteiger partial charge in [0.2, 0.25) is 0 Å². The lowest BCUT2D eigenvalue weighted by atomic mass is 10.1. The van der Waals surface area contributed by atoms with Crippen LogP contribution in [0.25, 0.3) is 0 Å². The summed E-state index contributed by atoms with van der Waals surface area (Å²) in [7, 11) is 0. The van der Waals surface area contributed by atoms with Crippen LogP contribution in [0.15, 0.2) is 23.1 Å². The molecule has 11 nitrogen and oxygen atoms in total. The van der Waals surface area contributed by atoms with Gasteiger partial charge in [0, 0.05) is 57.6 Å². The minimum Gasteiger partial charge on any atom is -0.395 e. The van der Waals surface area contributed by atoms with Gasteiger partial charge in [-0.15, -0.1) is 0 Å². The van der Waals surface area contributed by atoms with Crippen molar-refractivity contribution in [3.63, 3.8) is 0 Å². The third kappa shape index (κ3) is 7.31. The Balaban J connectivity index is 2.25. The summed E-state index contributed by atoms with van der Waals surface area (Å²) in [6.07, 6.45) is -0.680. The molecule has 7 N–H and O–H groups in total. The number of nitrogens with zero attached hydrogens (tertiary/aromatic N) is 3. The molecule has 0 saturated carbocycles. The van der Waals surface area contributed by atoms with Gasteiger partial charge < -0.3 is 35.6 Å². The molecule has 1 aromatic rings. The van der Waals surface area contributed by atoms with E-state index < -0.39 is 37.5 Å². The van der Waals surface area contributed by atoms with Gasteiger partial charge in [0.05, 0.1) is 50.7 Å². The second-order valence-corrected chi connectivity index (χ2v) is 7.87. The molecule has 0 radical (unpaired) electrons. The topological polar surface area (TPSA) is 164 Å². The van der Waals surface area contributed by atoms with Crippen molar-refractivity contribution in [2.24, 2.45) is 0 Å². The highest BCUT2D eigenvalue weighted by Crippen LogP contribution is 2.13. The van der Waals surface area contributed by atoms with Crippen LogP contribution in [-0.4, -0.2) is 140 Å². The lowest BCUT2D eigenvalue weighted by Crippen LogP contribution is -2.53. The number of aromatic amines is 1. The molecule has 1 saturated heterocycles. The standard InChI is InChI=1S/C20H36N4O7/c25-11-16(18(29)13-27)23-6-4-22(10-15-2-1-3-21-20(15)31)5-7-24(9-8-23)17(12-26)19(30)14-28/h1-3,16-19,25-30H,4-14H2,(H,21,31)/t16-,17-,18-,19-/m1/s1. The van der Waals surface area contributed by atoms with Crippen LogP contribution >= 0.6 is 0 Å². The first-order valence-corrected chi connectivity index (χ1v) is 10.6. The summed E-state index contributed by atoms with van der Waals surface area (Å²) in [6, 6.07) is 2.15. The predicted molar refractivity (Wildman–Crippen MR) is 113 cm³/mol. The molecule has 178 valence electrons. The van der Waals surface area contributed by atoms with Crippen molar-refractivity contribution in [2.75, 3.05) is 65.7 Å². The molecule has 0 spiro atoms. The Morgan fingerprint density at radius 3 is 1.71 bits per heavy atom. The molecule has 1 aromatic heterocycles. The average Bonchev–Trinajstić information content (AvgIpc) is 2.88. The van der Waals surface area contributed by atoms with Gasteiger partial charge in [0.15, 0.2) is 0 Å². The Morgan fingerprint density at radius 1 is 0.806 bits per heavy atom. The SMILES string of the molecule is O=c1[nH]cccc1CN1CCN([C@H](CO)[C@H](O)CO)CCN([C@H](CO)[C@H](O)CO)CC1. The molecule has 0 unspecified atom stereocenters. The maximum absolute atomic E-state index is 12.1. The number of H-pyrrole nitrogens is 1. The van der Waals surface area contributed by atoms with Crippen LogP contribution in [0.3, 0.4) is 0 Å². The Hall–Kier alpha value is -1.41. The van der Waals surface area contributed by atoms with Crippen molar-refractivity contribution < 1.29 is 30.6 Å². The molecule has 2 rings (SSSR count). The zero-order valence-electron chi connectivity index (χ0n) is 17.8. The molecule has 0 aromatic carbocycles. The number of pyridine rings is 1. The summed E-state index contributed by atoms with van der Waals surface area (Å²) in [6.45, 7) is 1.59. The minimum absolute atomic E-state index is 0.177. The molecular weight excluding hydrogens is 408 g/mol. The van der Waals surface area contributed by atoms with E-state index in [9.17, 15) is 35.4 Å². The lowest BCUT2D eigenvalue weighted by Gasteiger charge is -2.36. The van der Waals surface area contributed by atoms with E-state index in [1.807, 2.05) is 9.80 Å². The largest absolute Gasteiger partial charge is 0.395 e. The number of nitrogens with one attached hydrogen (secondary N) is 1. The van der Waals surface area contributed by atoms with Crippen molar-refractivity contribution in [1.82, 2.24) is 19.7 Å². The van der Waals surface area contributed by atoms with Gasteiger partial charge in [-0.25, -0.2) is 0 Å². The maximum atomic E-state index is 12.1. The quantitative estimate of drug-likeness (QED) is 0.191. The van der Waals surface area contributed by atoms with E-state index in [0.717, 1.165) is 0 Å². The van der Waals surface area contributed by atoms with E-state index in [4.69, 9.17) is 0 Å². The molecule has 0 amide bonds. The summed E-state index contributed by atoms with van der Waals surface area (Å²) < 4.78 is 0. The fraction of sp³-hybridized carbons (Fsp3) is 0.750. The van der Waals surface area contributed by atoms with Gasteiger partial charge in [0.25, 0.3) is 5.56 Å². The molecule has 2 heterocycles. The third-order valence-corrected chi connectivity index (χ3v) is 5.95. The van der Waals surface area contributed by atoms with E-state index in [0.29, 0.717) is 51.4 Å². The van der Waals surface area contributed by atoms with E-state index in [1.165, 1.54) is 0 Å². The number of hydrogen-bond donors (Lipinski definition) is 7. The number of hydrogen-bond acceptors (Lipinski definition) is 10. The summed E-state index contributed by atoms with van der Waals surface area (Å²) in [5.41, 5.74) is 0.423. The van der Waals surface area contributed by atoms with Crippen molar-refractivity contribution in [1.29, 1.82) is 0 Å². The van der Waals surface area contributed by atoms with E-state index in [-0.39, 0.29) is 18.8 Å². The second-order valence-electron chi connectivity index (χ2n) is 7.87. The van der Waals surface area contributed by atoms with Crippen molar-refractivity contribution in [3.8, 4) is 0 Å². The molecule has 31 heavy (non-hydrogen) atoms. The Bertz CT molecular complexity index is 661. The van der Waals surface area contributed by atoms with Crippen LogP contribution in [0, 0.1) is 0 Å². The van der Waals surface area contributed by atoms with Crippen LogP contribution in [0.1, 0.15) is 5.56 Å². The molecule has 11 heteroatoms. The molecule has 1 aliphatic rings. The van der Waals surface area contributed by atoms with Crippen molar-refractivity contribution in [3.05, 3.63) is 34.2 Å². The molecule has 0 bridgehead atoms. The summed E-state index contributed by atoms with van der Waals surface area (Å²) in [5, 5.41) is 58.6. The number of aliphatic hydroxyl groups excluding tert-OH is 6. The van der Waals surface area contributed by atoms with E-state index in [1.54, 1.807) is 18.3 Å². The predicted octanol–water partition coefficient (Wildman–Crippen LogP) is -3.78. The first kappa shape index (κ1) is 25.8. The first-order chi connectivity index (χ1) is 14.9. The van der Waals surface area contributed by atoms with Crippen molar-refractivity contribution >= 4 is 0 Å². The Kier molecular flexibility index (Phi) is 11.0. The Morgan fingerprint density at radius 2 is 1.29 bits per heavy atom. The fourth-order valence-corrected chi connectivity index (χ4v) is 3.98. The van der Waals surface area contributed by atoms with Crippen LogP contribution in [-0.2, 0) is 6.54 Å². The van der Waals surface area contributed by atoms with E-state index in [2.05, 4.69) is 9.88 Å². The average molecular weight is 445 g/mol. The zero-order valence-corrected chi connectivity index (χ0v) is 17.8. The normalized spacial score (nSPS) is 21.6. The molecule has 4 atom stereocenters. The molecule has 1 aliphatic heterocycles. The summed E-state index contributed by atoms with van der Waals surface area (Å²) in [4.78, 5) is 20.5. The van der Waals surface area contributed by atoms with Gasteiger partial charge in [-0.1, -0.05) is 6.07 Å². The van der Waals surface area contributed by atoms with E-state index >= 15 is 0 Å². The van der Waals surface area contributed by atoms with Gasteiger partial charge >= 0.3 is 0 Å². The summed E-state index contributed by atoms with van der Waals surface area (Å²) >= 11 is 0. The smallest absolute Gasteiger partial charge is 0.252 e. The molecule has 0 aliphatic carbocycles. The third-order valence-electron chi connectivity index (χ3n) is 5.95. The molecule has 1 fully saturated rings. The maximum Gasteiger partial charge on any atom is 0.252 e. The monoisotopic (exact) mass is 444 g/mol. The fourth-order valence-electron chi connectivity index (χ4n) is 3.98. The minimum atomic E-state index is -1.12. The summed E-state index contributed by atoms with van der Waals surface area (Å²) in [5.74, 6) is 0. The number of rotatable bonds is 10. The van der Waals surface area contributed by atoms with Gasteiger partial charge in [0.1, 0.15) is 0 Å². The van der Waals surface area contributed by atoms with Crippen LogP contribution in [0.2, 0.25) is 0 Å². The first-order valence-electron chi connectivity index (χ1n) is 10.6. The van der Waals surface area contributed by atoms with Crippen LogP contribution in [0.5, 0.6) is 0 Å². The lowest BCUT2D eigenvalue weighted by molar-refractivity contribution is -0.0301. The number of aliphatic hydroxyl groups is 6. The van der Waals surface area contributed by atoms with Gasteiger partial charge in [-0.05, 0) is 6.07 Å². The van der Waals surface area contributed by atoms with Crippen LogP contribution in [0.4, 0.5) is 0 Å². The molecular formula is C20H36N4O7. The zero-order chi connectivity index (χ0) is 22.8. The van der Waals surface area contributed by atoms with Crippen molar-refractivity contribution in [2.45, 2.75) is 30.8 Å². The van der Waals surface area contributed by atoms with Gasteiger partial charge in [-0.3, -0.25) is 19.5 Å². The number of aromatic nitrogens is 1. The second kappa shape index (κ2) is 13.2. The van der Waals surface area contributed by atoms with Gasteiger partial charge in [-0.2, -0.15) is 0 Å². The highest BCUT2D eigenvalue weighted by Gasteiger charge is 2.30. The Labute approximate surface area is 181 Å². The highest BCUT2D eigenvalue weighted by molar-refractivity contribution is 5.08. The highest BCUT2D eigenvalue weighted by atomic mass is 16.3.